The normalized spacial score (nSPS) is 20.0. The highest BCUT2D eigenvalue weighted by Gasteiger charge is 2.33. The summed E-state index contributed by atoms with van der Waals surface area (Å²) in [5.74, 6) is 1.69. The van der Waals surface area contributed by atoms with Crippen LogP contribution in [0, 0.1) is 11.8 Å². The van der Waals surface area contributed by atoms with E-state index in [0.717, 1.165) is 93.2 Å². The molecule has 1 unspecified atom stereocenters. The zero-order valence-corrected chi connectivity index (χ0v) is 35.8. The molecule has 2 atom stereocenters. The molecule has 4 fully saturated rings. The molecular weight excluding hydrogens is 761 g/mol. The quantitative estimate of drug-likeness (QED) is 0.127. The highest BCUT2D eigenvalue weighted by Crippen LogP contribution is 2.32. The largest absolute Gasteiger partial charge is 0.481 e. The fraction of sp³-hybridized carbons (Fsp3) is 0.674. The zero-order valence-electron chi connectivity index (χ0n) is 34.2. The lowest BCUT2D eigenvalue weighted by atomic mass is 9.85. The summed E-state index contributed by atoms with van der Waals surface area (Å²) in [4.78, 5) is 62.2. The summed E-state index contributed by atoms with van der Waals surface area (Å²) in [6.45, 7) is 8.34. The number of hydrogen-bond donors (Lipinski definition) is 4. The van der Waals surface area contributed by atoms with Crippen LogP contribution in [0.4, 0.5) is 11.6 Å². The summed E-state index contributed by atoms with van der Waals surface area (Å²) in [6, 6.07) is 7.50. The molecule has 2 saturated carbocycles. The smallest absolute Gasteiger partial charge is 0.326 e. The predicted molar refractivity (Wildman–Crippen MR) is 229 cm³/mol. The van der Waals surface area contributed by atoms with E-state index in [2.05, 4.69) is 29.4 Å². The number of amides is 2. The molecule has 2 aromatic heterocycles. The lowest BCUT2D eigenvalue weighted by Crippen LogP contribution is -2.38. The summed E-state index contributed by atoms with van der Waals surface area (Å²) in [5.41, 5.74) is 1.28. The van der Waals surface area contributed by atoms with Crippen molar-refractivity contribution < 1.29 is 29.4 Å². The Morgan fingerprint density at radius 3 is 1.65 bits per heavy atom. The predicted octanol–water partition coefficient (Wildman–Crippen LogP) is 8.28. The third-order valence-corrected chi connectivity index (χ3v) is 14.1. The van der Waals surface area contributed by atoms with Crippen LogP contribution in [-0.2, 0) is 9.59 Å². The molecule has 0 spiro atoms. The van der Waals surface area contributed by atoms with Gasteiger partial charge in [0.2, 0.25) is 0 Å². The van der Waals surface area contributed by atoms with E-state index in [4.69, 9.17) is 9.97 Å². The molecule has 6 rings (SSSR count). The van der Waals surface area contributed by atoms with Crippen molar-refractivity contribution >= 4 is 58.9 Å². The van der Waals surface area contributed by atoms with Gasteiger partial charge in [-0.25, -0.2) is 14.8 Å². The Kier molecular flexibility index (Phi) is 17.7. The zero-order chi connectivity index (χ0) is 40.7. The second kappa shape index (κ2) is 22.6. The number of carbonyl (C=O) groups excluding carboxylic acids is 2. The van der Waals surface area contributed by atoms with Crippen molar-refractivity contribution in [1.82, 2.24) is 20.6 Å². The van der Waals surface area contributed by atoms with Crippen LogP contribution < -0.4 is 20.4 Å². The first-order chi connectivity index (χ1) is 27.6. The number of carbonyl (C=O) groups is 4. The third-order valence-electron chi connectivity index (χ3n) is 11.7. The Balaban J connectivity index is 0.000000219. The molecule has 2 saturated heterocycles. The van der Waals surface area contributed by atoms with Crippen LogP contribution in [0.1, 0.15) is 144 Å². The van der Waals surface area contributed by atoms with Gasteiger partial charge in [0.25, 0.3) is 11.8 Å². The fourth-order valence-electron chi connectivity index (χ4n) is 8.31. The van der Waals surface area contributed by atoms with E-state index in [1.54, 1.807) is 36.5 Å². The lowest BCUT2D eigenvalue weighted by Gasteiger charge is -2.34. The van der Waals surface area contributed by atoms with E-state index >= 15 is 0 Å². The summed E-state index contributed by atoms with van der Waals surface area (Å²) < 4.78 is 0. The van der Waals surface area contributed by atoms with Crippen molar-refractivity contribution in [3.63, 3.8) is 0 Å². The summed E-state index contributed by atoms with van der Waals surface area (Å²) in [5, 5.41) is 26.6. The molecule has 0 aromatic carbocycles. The molecule has 2 amide bonds. The molecule has 0 bridgehead atoms. The summed E-state index contributed by atoms with van der Waals surface area (Å²) in [7, 11) is 0. The van der Waals surface area contributed by atoms with E-state index < -0.39 is 18.0 Å². The molecule has 2 aromatic rings. The number of carboxylic acid groups (broad SMARTS) is 2. The topological polar surface area (TPSA) is 165 Å². The molecule has 14 heteroatoms. The van der Waals surface area contributed by atoms with Crippen molar-refractivity contribution in [3.05, 3.63) is 35.4 Å². The Bertz CT molecular complexity index is 1640. The number of anilines is 2. The van der Waals surface area contributed by atoms with Gasteiger partial charge in [-0.1, -0.05) is 59.3 Å². The van der Waals surface area contributed by atoms with Crippen molar-refractivity contribution in [2.45, 2.75) is 152 Å². The highest BCUT2D eigenvalue weighted by atomic mass is 32.2. The van der Waals surface area contributed by atoms with E-state index in [1.807, 2.05) is 23.1 Å². The van der Waals surface area contributed by atoms with E-state index in [0.29, 0.717) is 34.9 Å². The highest BCUT2D eigenvalue weighted by molar-refractivity contribution is 7.99. The van der Waals surface area contributed by atoms with Gasteiger partial charge in [0.05, 0.1) is 17.0 Å². The van der Waals surface area contributed by atoms with Gasteiger partial charge in [-0.15, -0.1) is 23.5 Å². The number of rotatable bonds is 15. The second-order valence-corrected chi connectivity index (χ2v) is 18.2. The van der Waals surface area contributed by atoms with Gasteiger partial charge in [0.1, 0.15) is 27.7 Å². The van der Waals surface area contributed by atoms with E-state index in [1.165, 1.54) is 38.5 Å². The van der Waals surface area contributed by atoms with Crippen molar-refractivity contribution in [2.75, 3.05) is 40.9 Å². The molecule has 57 heavy (non-hydrogen) atoms. The number of aromatic nitrogens is 2. The fourth-order valence-corrected chi connectivity index (χ4v) is 10.1. The van der Waals surface area contributed by atoms with Crippen LogP contribution >= 0.6 is 23.5 Å². The molecule has 4 heterocycles. The van der Waals surface area contributed by atoms with Gasteiger partial charge >= 0.3 is 11.9 Å². The number of nitrogens with zero attached hydrogens (tertiary/aromatic N) is 4. The summed E-state index contributed by atoms with van der Waals surface area (Å²) in [6.07, 6.45) is 16.7. The maximum Gasteiger partial charge on any atom is 0.326 e. The van der Waals surface area contributed by atoms with Crippen molar-refractivity contribution in [3.8, 4) is 0 Å². The number of pyridine rings is 2. The number of aliphatic carboxylic acids is 2. The maximum atomic E-state index is 12.9. The Morgan fingerprint density at radius 1 is 0.684 bits per heavy atom. The first-order valence-electron chi connectivity index (χ1n) is 21.5. The average molecular weight is 825 g/mol. The monoisotopic (exact) mass is 824 g/mol. The SMILES string of the molecule is CCCSc1nc(N2CCC(C(C)C(=O)O)CC2)ccc1C(=O)NC1CCCCC1.CCCSc1nc(N2CCC[C@H]2C(=O)O)ccc1C(=O)NC1CCCCC1. The lowest BCUT2D eigenvalue weighted by molar-refractivity contribution is -0.143. The number of nitrogens with one attached hydrogen (secondary N) is 2. The standard InChI is InChI=1S/C23H35N3O3S.C20H29N3O3S/c1-3-15-30-22-19(21(27)24-18-7-5-4-6-8-18)9-10-20(25-22)26-13-11-17(12-14-26)16(2)23(28)29;1-2-13-27-19-15(18(24)21-14-7-4-3-5-8-14)10-11-17(22-19)23-12-6-9-16(23)20(25)26/h9-10,16-18H,3-8,11-15H2,1-2H3,(H,24,27)(H,28,29);10-11,14,16H,2-9,12-13H2,1H3,(H,21,24)(H,25,26)/t;16-/m.0/s1. The molecule has 4 aliphatic rings. The molecule has 2 aliphatic heterocycles. The molecule has 314 valence electrons. The van der Waals surface area contributed by atoms with Crippen LogP contribution in [-0.4, -0.2) is 93.2 Å². The van der Waals surface area contributed by atoms with Crippen LogP contribution in [0.15, 0.2) is 34.3 Å². The number of piperidine rings is 1. The van der Waals surface area contributed by atoms with Crippen LogP contribution in [0.3, 0.4) is 0 Å². The minimum absolute atomic E-state index is 0.00598. The molecule has 4 N–H and O–H groups in total. The first kappa shape index (κ1) is 44.6. The minimum Gasteiger partial charge on any atom is -0.481 e. The summed E-state index contributed by atoms with van der Waals surface area (Å²) >= 11 is 3.22. The van der Waals surface area contributed by atoms with Crippen LogP contribution in [0.25, 0.3) is 0 Å². The van der Waals surface area contributed by atoms with Crippen molar-refractivity contribution in [2.24, 2.45) is 11.8 Å². The van der Waals surface area contributed by atoms with Crippen LogP contribution in [0.5, 0.6) is 0 Å². The van der Waals surface area contributed by atoms with Gasteiger partial charge < -0.3 is 30.6 Å². The van der Waals surface area contributed by atoms with Gasteiger partial charge in [-0.3, -0.25) is 14.4 Å². The Morgan fingerprint density at radius 2 is 1.18 bits per heavy atom. The third kappa shape index (κ3) is 12.7. The molecule has 12 nitrogen and oxygen atoms in total. The Hall–Kier alpha value is -3.52. The molecule has 0 radical (unpaired) electrons. The average Bonchev–Trinajstić information content (AvgIpc) is 3.74. The van der Waals surface area contributed by atoms with E-state index in [9.17, 15) is 29.4 Å². The second-order valence-electron chi connectivity index (χ2n) is 16.0. The number of carboxylic acids is 2. The minimum atomic E-state index is -0.809. The van der Waals surface area contributed by atoms with Gasteiger partial charge in [0.15, 0.2) is 0 Å². The van der Waals surface area contributed by atoms with E-state index in [-0.39, 0.29) is 35.7 Å². The van der Waals surface area contributed by atoms with Crippen molar-refractivity contribution in [1.29, 1.82) is 0 Å². The molecular formula is C43H64N6O6S2. The van der Waals surface area contributed by atoms with Gasteiger partial charge in [-0.05, 0) is 106 Å². The number of thioether (sulfide) groups is 2. The van der Waals surface area contributed by atoms with Gasteiger partial charge in [0, 0.05) is 31.7 Å². The van der Waals surface area contributed by atoms with Crippen LogP contribution in [0.2, 0.25) is 0 Å². The first-order valence-corrected chi connectivity index (χ1v) is 23.4. The van der Waals surface area contributed by atoms with Gasteiger partial charge in [-0.2, -0.15) is 0 Å². The maximum absolute atomic E-state index is 12.9. The Labute approximate surface area is 347 Å². The number of hydrogen-bond acceptors (Lipinski definition) is 10. The molecule has 2 aliphatic carbocycles.